The highest BCUT2D eigenvalue weighted by Crippen LogP contribution is 2.26. The van der Waals surface area contributed by atoms with Crippen molar-refractivity contribution >= 4 is 0 Å². The monoisotopic (exact) mass is 238 g/mol. The molecule has 0 aliphatic carbocycles. The molecule has 0 saturated carbocycles. The highest BCUT2D eigenvalue weighted by Gasteiger charge is 2.27. The predicted molar refractivity (Wildman–Crippen MR) is 63.0 cm³/mol. The van der Waals surface area contributed by atoms with E-state index < -0.39 is 0 Å². The summed E-state index contributed by atoms with van der Waals surface area (Å²) in [5, 5.41) is 0. The summed E-state index contributed by atoms with van der Waals surface area (Å²) in [7, 11) is 0. The number of rotatable bonds is 4. The number of hydrogen-bond acceptors (Lipinski definition) is 4. The Morgan fingerprint density at radius 3 is 3.06 bits per heavy atom. The zero-order valence-corrected chi connectivity index (χ0v) is 10.4. The van der Waals surface area contributed by atoms with Crippen molar-refractivity contribution in [2.24, 2.45) is 5.92 Å². The maximum Gasteiger partial charge on any atom is 0.302 e. The molecule has 17 heavy (non-hydrogen) atoms. The smallest absolute Gasteiger partial charge is 0.302 e. The van der Waals surface area contributed by atoms with Gasteiger partial charge >= 0.3 is 6.01 Å². The van der Waals surface area contributed by atoms with Gasteiger partial charge in [-0.25, -0.2) is 0 Å². The summed E-state index contributed by atoms with van der Waals surface area (Å²) in [5.41, 5.74) is -0.284. The van der Waals surface area contributed by atoms with Crippen LogP contribution in [0.15, 0.2) is 17.1 Å². The van der Waals surface area contributed by atoms with E-state index >= 15 is 0 Å². The van der Waals surface area contributed by atoms with Gasteiger partial charge in [-0.2, -0.15) is 4.98 Å². The molecule has 2 atom stereocenters. The molecule has 0 saturated heterocycles. The molecule has 1 aliphatic heterocycles. The van der Waals surface area contributed by atoms with Crippen LogP contribution in [0.1, 0.15) is 33.4 Å². The van der Waals surface area contributed by atoms with Crippen molar-refractivity contribution in [3.8, 4) is 6.01 Å². The number of hydrogen-bond donors (Lipinski definition) is 0. The molecular formula is C12H18N2O3. The van der Waals surface area contributed by atoms with E-state index in [0.717, 1.165) is 6.42 Å². The normalized spacial score (nSPS) is 20.1. The maximum absolute atomic E-state index is 11.1. The summed E-state index contributed by atoms with van der Waals surface area (Å²) in [5.74, 6) is 0.455. The Bertz CT molecular complexity index is 442. The number of aromatic nitrogens is 2. The molecule has 5 nitrogen and oxygen atoms in total. The third kappa shape index (κ3) is 2.49. The Morgan fingerprint density at radius 1 is 1.65 bits per heavy atom. The molecule has 5 heteroatoms. The van der Waals surface area contributed by atoms with Crippen LogP contribution >= 0.6 is 0 Å². The van der Waals surface area contributed by atoms with E-state index in [1.165, 1.54) is 6.07 Å². The fourth-order valence-corrected chi connectivity index (χ4v) is 1.98. The summed E-state index contributed by atoms with van der Waals surface area (Å²) in [6, 6.07) is 1.77. The van der Waals surface area contributed by atoms with E-state index in [2.05, 4.69) is 25.8 Å². The number of ether oxygens (including phenoxy) is 2. The van der Waals surface area contributed by atoms with Gasteiger partial charge in [-0.1, -0.05) is 20.8 Å². The summed E-state index contributed by atoms with van der Waals surface area (Å²) in [4.78, 5) is 14.9. The lowest BCUT2D eigenvalue weighted by Gasteiger charge is -2.24. The van der Waals surface area contributed by atoms with Gasteiger partial charge in [0.05, 0.1) is 6.10 Å². The van der Waals surface area contributed by atoms with E-state index in [9.17, 15) is 4.79 Å². The Balaban J connectivity index is 2.14. The lowest BCUT2D eigenvalue weighted by Crippen LogP contribution is -2.25. The SMILES string of the molecule is CCC(OC1COc2nc(=O)ccn21)C(C)C. The molecule has 2 heterocycles. The van der Waals surface area contributed by atoms with Crippen LogP contribution in [-0.4, -0.2) is 22.3 Å². The third-order valence-corrected chi connectivity index (χ3v) is 2.95. The Morgan fingerprint density at radius 2 is 2.41 bits per heavy atom. The van der Waals surface area contributed by atoms with Gasteiger partial charge < -0.3 is 9.47 Å². The minimum atomic E-state index is -0.284. The number of nitrogens with zero attached hydrogens (tertiary/aromatic N) is 2. The van der Waals surface area contributed by atoms with E-state index in [1.807, 2.05) is 0 Å². The van der Waals surface area contributed by atoms with Crippen molar-refractivity contribution in [1.82, 2.24) is 9.55 Å². The van der Waals surface area contributed by atoms with Crippen LogP contribution in [0.5, 0.6) is 6.01 Å². The van der Waals surface area contributed by atoms with E-state index in [0.29, 0.717) is 18.5 Å². The highest BCUT2D eigenvalue weighted by atomic mass is 16.6. The van der Waals surface area contributed by atoms with Crippen molar-refractivity contribution in [3.05, 3.63) is 22.6 Å². The molecule has 1 aromatic rings. The first kappa shape index (κ1) is 12.1. The van der Waals surface area contributed by atoms with Gasteiger partial charge in [0, 0.05) is 12.3 Å². The van der Waals surface area contributed by atoms with E-state index in [4.69, 9.17) is 9.47 Å². The minimum Gasteiger partial charge on any atom is -0.460 e. The lowest BCUT2D eigenvalue weighted by atomic mass is 10.1. The summed E-state index contributed by atoms with van der Waals surface area (Å²) >= 11 is 0. The summed E-state index contributed by atoms with van der Waals surface area (Å²) in [6.45, 7) is 6.79. The molecule has 0 aromatic carbocycles. The van der Waals surface area contributed by atoms with Crippen molar-refractivity contribution in [3.63, 3.8) is 0 Å². The van der Waals surface area contributed by atoms with Crippen LogP contribution in [0.4, 0.5) is 0 Å². The van der Waals surface area contributed by atoms with Gasteiger partial charge in [0.25, 0.3) is 5.56 Å². The Hall–Kier alpha value is -1.36. The first-order valence-corrected chi connectivity index (χ1v) is 5.99. The average molecular weight is 238 g/mol. The molecule has 2 rings (SSSR count). The van der Waals surface area contributed by atoms with Gasteiger partial charge in [-0.05, 0) is 12.3 Å². The second-order valence-corrected chi connectivity index (χ2v) is 4.55. The molecule has 0 amide bonds. The fourth-order valence-electron chi connectivity index (χ4n) is 1.98. The van der Waals surface area contributed by atoms with Crippen LogP contribution in [0.25, 0.3) is 0 Å². The van der Waals surface area contributed by atoms with Crippen LogP contribution in [-0.2, 0) is 4.74 Å². The molecule has 0 fully saturated rings. The van der Waals surface area contributed by atoms with Gasteiger partial charge in [0.1, 0.15) is 6.61 Å². The van der Waals surface area contributed by atoms with Crippen LogP contribution in [0.3, 0.4) is 0 Å². The molecule has 2 unspecified atom stereocenters. The molecule has 0 bridgehead atoms. The van der Waals surface area contributed by atoms with Crippen molar-refractivity contribution in [1.29, 1.82) is 0 Å². The van der Waals surface area contributed by atoms with E-state index in [-0.39, 0.29) is 17.9 Å². The third-order valence-electron chi connectivity index (χ3n) is 2.95. The van der Waals surface area contributed by atoms with Crippen molar-refractivity contribution in [2.75, 3.05) is 6.61 Å². The molecule has 1 aromatic heterocycles. The average Bonchev–Trinajstić information content (AvgIpc) is 2.67. The Labute approximate surface area is 100 Å². The van der Waals surface area contributed by atoms with Crippen LogP contribution in [0, 0.1) is 5.92 Å². The summed E-state index contributed by atoms with van der Waals surface area (Å²) in [6.07, 6.45) is 2.64. The molecular weight excluding hydrogens is 220 g/mol. The summed E-state index contributed by atoms with van der Waals surface area (Å²) < 4.78 is 13.1. The lowest BCUT2D eigenvalue weighted by molar-refractivity contribution is -0.0735. The van der Waals surface area contributed by atoms with Crippen LogP contribution in [0.2, 0.25) is 0 Å². The van der Waals surface area contributed by atoms with Crippen molar-refractivity contribution < 1.29 is 9.47 Å². The van der Waals surface area contributed by atoms with Gasteiger partial charge in [-0.15, -0.1) is 0 Å². The van der Waals surface area contributed by atoms with Crippen molar-refractivity contribution in [2.45, 2.75) is 39.5 Å². The highest BCUT2D eigenvalue weighted by molar-refractivity contribution is 5.04. The van der Waals surface area contributed by atoms with Crippen LogP contribution < -0.4 is 10.3 Å². The molecule has 1 aliphatic rings. The zero-order valence-electron chi connectivity index (χ0n) is 10.4. The Kier molecular flexibility index (Phi) is 3.47. The molecule has 94 valence electrons. The minimum absolute atomic E-state index is 0.176. The fraction of sp³-hybridized carbons (Fsp3) is 0.667. The zero-order chi connectivity index (χ0) is 12.4. The first-order chi connectivity index (χ1) is 8.11. The number of fused-ring (bicyclic) bond motifs is 1. The van der Waals surface area contributed by atoms with E-state index in [1.54, 1.807) is 10.8 Å². The van der Waals surface area contributed by atoms with Gasteiger partial charge in [0.2, 0.25) is 0 Å². The quantitative estimate of drug-likeness (QED) is 0.799. The largest absolute Gasteiger partial charge is 0.460 e. The standard InChI is InChI=1S/C12H18N2O3/c1-4-9(8(2)3)17-11-7-16-12-13-10(15)5-6-14(11)12/h5-6,8-9,11H,4,7H2,1-3H3. The second kappa shape index (κ2) is 4.87. The van der Waals surface area contributed by atoms with Gasteiger partial charge in [-0.3, -0.25) is 9.36 Å². The maximum atomic E-state index is 11.1. The molecule has 0 spiro atoms. The topological polar surface area (TPSA) is 53.4 Å². The molecule has 0 radical (unpaired) electrons. The second-order valence-electron chi connectivity index (χ2n) is 4.55. The predicted octanol–water partition coefficient (Wildman–Crippen LogP) is 1.59. The molecule has 0 N–H and O–H groups in total. The first-order valence-electron chi connectivity index (χ1n) is 5.99. The van der Waals surface area contributed by atoms with Gasteiger partial charge in [0.15, 0.2) is 6.23 Å².